The molecular weight excluding hydrogens is 428 g/mol. The zero-order valence-electron chi connectivity index (χ0n) is 17.0. The topological polar surface area (TPSA) is 142 Å². The maximum Gasteiger partial charge on any atom is 0.271 e. The third-order valence-corrected chi connectivity index (χ3v) is 5.89. The zero-order valence-corrected chi connectivity index (χ0v) is 18.6. The molecule has 0 aromatic carbocycles. The van der Waals surface area contributed by atoms with Gasteiger partial charge in [0.1, 0.15) is 11.8 Å². The molecule has 0 aliphatic heterocycles. The smallest absolute Gasteiger partial charge is 0.271 e. The lowest BCUT2D eigenvalue weighted by Crippen LogP contribution is -2.49. The molecule has 3 atom stereocenters. The highest BCUT2D eigenvalue weighted by molar-refractivity contribution is 7.92. The molecule has 166 valence electrons. The number of pyridine rings is 1. The van der Waals surface area contributed by atoms with E-state index in [0.717, 1.165) is 42.4 Å². The first kappa shape index (κ1) is 24.2. The van der Waals surface area contributed by atoms with Gasteiger partial charge in [0.15, 0.2) is 5.13 Å². The molecule has 0 fully saturated rings. The predicted octanol–water partition coefficient (Wildman–Crippen LogP) is 1.55. The van der Waals surface area contributed by atoms with Crippen molar-refractivity contribution in [1.82, 2.24) is 15.3 Å². The predicted molar refractivity (Wildman–Crippen MR) is 116 cm³/mol. The summed E-state index contributed by atoms with van der Waals surface area (Å²) in [5.74, 6) is -0.563. The molecule has 0 spiro atoms. The van der Waals surface area contributed by atoms with Crippen molar-refractivity contribution in [3.63, 3.8) is 0 Å². The number of carbonyl (C=O) groups excluding carboxylic acids is 1. The van der Waals surface area contributed by atoms with E-state index in [2.05, 4.69) is 26.9 Å². The highest BCUT2D eigenvalue weighted by atomic mass is 32.2. The fourth-order valence-corrected chi connectivity index (χ4v) is 4.44. The molecule has 3 unspecified atom stereocenters. The third-order valence-electron chi connectivity index (χ3n) is 4.44. The Labute approximate surface area is 180 Å². The second kappa shape index (κ2) is 11.3. The highest BCUT2D eigenvalue weighted by Crippen LogP contribution is 2.18. The van der Waals surface area contributed by atoms with Crippen LogP contribution in [0.4, 0.5) is 5.13 Å². The zero-order chi connectivity index (χ0) is 22.1. The molecule has 1 amide bonds. The van der Waals surface area contributed by atoms with Crippen molar-refractivity contribution in [3.05, 3.63) is 41.2 Å². The molecule has 0 aliphatic carbocycles. The lowest BCUT2D eigenvalue weighted by atomic mass is 9.95. The van der Waals surface area contributed by atoms with E-state index in [-0.39, 0.29) is 10.8 Å². The first-order chi connectivity index (χ1) is 14.2. The Morgan fingerprint density at radius 1 is 1.23 bits per heavy atom. The maximum atomic E-state index is 12.7. The van der Waals surface area contributed by atoms with Gasteiger partial charge in [-0.05, 0) is 30.5 Å². The number of anilines is 1. The van der Waals surface area contributed by atoms with Crippen molar-refractivity contribution < 1.29 is 23.4 Å². The summed E-state index contributed by atoms with van der Waals surface area (Å²) in [5.41, 5.74) is 0.867. The second-order valence-corrected chi connectivity index (χ2v) is 9.71. The number of rotatable bonds is 12. The summed E-state index contributed by atoms with van der Waals surface area (Å²) in [6, 6.07) is 2.78. The van der Waals surface area contributed by atoms with Gasteiger partial charge in [0, 0.05) is 17.8 Å². The highest BCUT2D eigenvalue weighted by Gasteiger charge is 2.28. The van der Waals surface area contributed by atoms with Crippen LogP contribution < -0.4 is 10.0 Å². The Kier molecular flexibility index (Phi) is 9.15. The number of thiazole rings is 1. The average molecular weight is 457 g/mol. The normalized spacial score (nSPS) is 14.7. The largest absolute Gasteiger partial charge is 0.390 e. The van der Waals surface area contributed by atoms with Gasteiger partial charge >= 0.3 is 0 Å². The molecule has 2 rings (SSSR count). The lowest BCUT2D eigenvalue weighted by Gasteiger charge is -2.28. The van der Waals surface area contributed by atoms with Crippen LogP contribution in [0.25, 0.3) is 0 Å². The molecule has 0 radical (unpaired) electrons. The number of aliphatic hydroxyl groups excluding tert-OH is 2. The molecule has 11 heteroatoms. The summed E-state index contributed by atoms with van der Waals surface area (Å²) in [4.78, 5) is 20.6. The van der Waals surface area contributed by atoms with E-state index in [1.807, 2.05) is 0 Å². The van der Waals surface area contributed by atoms with Gasteiger partial charge in [0.05, 0.1) is 18.4 Å². The van der Waals surface area contributed by atoms with E-state index in [4.69, 9.17) is 0 Å². The van der Waals surface area contributed by atoms with Crippen molar-refractivity contribution >= 4 is 32.4 Å². The summed E-state index contributed by atoms with van der Waals surface area (Å²) in [5, 5.41) is 25.3. The molecule has 9 nitrogen and oxygen atoms in total. The fraction of sp³-hybridized carbons (Fsp3) is 0.526. The first-order valence-corrected chi connectivity index (χ1v) is 12.5. The van der Waals surface area contributed by atoms with Gasteiger partial charge < -0.3 is 15.5 Å². The van der Waals surface area contributed by atoms with E-state index < -0.39 is 34.2 Å². The van der Waals surface area contributed by atoms with Crippen LogP contribution in [-0.2, 0) is 16.4 Å². The average Bonchev–Trinajstić information content (AvgIpc) is 3.14. The van der Waals surface area contributed by atoms with Gasteiger partial charge in [-0.15, -0.1) is 11.3 Å². The van der Waals surface area contributed by atoms with Crippen LogP contribution >= 0.6 is 11.3 Å². The molecule has 0 saturated heterocycles. The monoisotopic (exact) mass is 456 g/mol. The summed E-state index contributed by atoms with van der Waals surface area (Å²) in [6.07, 6.45) is 5.49. The molecule has 0 bridgehead atoms. The molecular formula is C19H28N4O5S2. The number of nitrogens with one attached hydrogen (secondary N) is 2. The van der Waals surface area contributed by atoms with Crippen LogP contribution in [0.5, 0.6) is 0 Å². The van der Waals surface area contributed by atoms with E-state index in [0.29, 0.717) is 12.8 Å². The minimum atomic E-state index is -3.50. The van der Waals surface area contributed by atoms with Crippen molar-refractivity contribution in [2.75, 3.05) is 11.0 Å². The van der Waals surface area contributed by atoms with Gasteiger partial charge in [-0.3, -0.25) is 14.5 Å². The minimum absolute atomic E-state index is 0.0264. The van der Waals surface area contributed by atoms with Crippen LogP contribution in [0, 0.1) is 0 Å². The number of amides is 1. The SMILES string of the molecule is CCCCCC(O)C(O)C(Cc1ccncc1)NC(=O)c1csc(NS(C)(=O)=O)n1. The number of hydrogen-bond donors (Lipinski definition) is 4. The number of aliphatic hydroxyl groups is 2. The number of nitrogens with zero attached hydrogens (tertiary/aromatic N) is 2. The molecule has 2 aromatic heterocycles. The van der Waals surface area contributed by atoms with Crippen molar-refractivity contribution in [3.8, 4) is 0 Å². The van der Waals surface area contributed by atoms with Gasteiger partial charge in [-0.1, -0.05) is 26.2 Å². The first-order valence-electron chi connectivity index (χ1n) is 9.68. The molecule has 2 aromatic rings. The third kappa shape index (κ3) is 7.98. The Balaban J connectivity index is 2.12. The Bertz CT molecular complexity index is 905. The molecule has 0 saturated carbocycles. The van der Waals surface area contributed by atoms with Gasteiger partial charge in [-0.2, -0.15) is 0 Å². The number of unbranched alkanes of at least 4 members (excludes halogenated alkanes) is 2. The standard InChI is InChI=1S/C19H28N4O5S2/c1-3-4-5-6-16(24)17(25)14(11-13-7-9-20-10-8-13)21-18(26)15-12-29-19(22-15)23-30(2,27)28/h7-10,12,14,16-17,24-25H,3-6,11H2,1-2H3,(H,21,26)(H,22,23). The quantitative estimate of drug-likeness (QED) is 0.355. The fourth-order valence-electron chi connectivity index (χ4n) is 2.90. The van der Waals surface area contributed by atoms with Gasteiger partial charge in [0.2, 0.25) is 10.0 Å². The van der Waals surface area contributed by atoms with Crippen molar-refractivity contribution in [1.29, 1.82) is 0 Å². The Morgan fingerprint density at radius 3 is 2.57 bits per heavy atom. The van der Waals surface area contributed by atoms with Crippen LogP contribution in [-0.4, -0.2) is 59.0 Å². The molecule has 30 heavy (non-hydrogen) atoms. The Morgan fingerprint density at radius 2 is 1.93 bits per heavy atom. The van der Waals surface area contributed by atoms with E-state index in [1.54, 1.807) is 24.5 Å². The van der Waals surface area contributed by atoms with Gasteiger partial charge in [0.25, 0.3) is 5.91 Å². The van der Waals surface area contributed by atoms with E-state index in [1.165, 1.54) is 5.38 Å². The molecule has 2 heterocycles. The summed E-state index contributed by atoms with van der Waals surface area (Å²) in [6.45, 7) is 2.05. The number of carbonyl (C=O) groups is 1. The van der Waals surface area contributed by atoms with E-state index >= 15 is 0 Å². The van der Waals surface area contributed by atoms with Crippen molar-refractivity contribution in [2.45, 2.75) is 57.3 Å². The summed E-state index contributed by atoms with van der Waals surface area (Å²) < 4.78 is 24.9. The van der Waals surface area contributed by atoms with Gasteiger partial charge in [-0.25, -0.2) is 13.4 Å². The van der Waals surface area contributed by atoms with Crippen molar-refractivity contribution in [2.24, 2.45) is 0 Å². The van der Waals surface area contributed by atoms with Crippen LogP contribution in [0.15, 0.2) is 29.9 Å². The number of hydrogen-bond acceptors (Lipinski definition) is 8. The lowest BCUT2D eigenvalue weighted by molar-refractivity contribution is -0.00833. The van der Waals surface area contributed by atoms with E-state index in [9.17, 15) is 23.4 Å². The maximum absolute atomic E-state index is 12.7. The summed E-state index contributed by atoms with van der Waals surface area (Å²) in [7, 11) is -3.50. The minimum Gasteiger partial charge on any atom is -0.390 e. The van der Waals surface area contributed by atoms with Crippen LogP contribution in [0.1, 0.15) is 48.7 Å². The molecule has 0 aliphatic rings. The van der Waals surface area contributed by atoms with Crippen LogP contribution in [0.3, 0.4) is 0 Å². The van der Waals surface area contributed by atoms with Crippen LogP contribution in [0.2, 0.25) is 0 Å². The summed E-state index contributed by atoms with van der Waals surface area (Å²) >= 11 is 0.982. The number of sulfonamides is 1. The Hall–Kier alpha value is -2.08. The molecule has 4 N–H and O–H groups in total. The number of aromatic nitrogens is 2. The second-order valence-electron chi connectivity index (χ2n) is 7.11.